The molecule has 0 fully saturated rings. The van der Waals surface area contributed by atoms with Crippen molar-refractivity contribution in [3.63, 3.8) is 0 Å². The van der Waals surface area contributed by atoms with Crippen molar-refractivity contribution in [2.24, 2.45) is 0 Å². The lowest BCUT2D eigenvalue weighted by atomic mass is 10.4. The van der Waals surface area contributed by atoms with Crippen LogP contribution in [0.4, 0.5) is 0 Å². The number of hydrogen-bond donors (Lipinski definition) is 3. The topological polar surface area (TPSA) is 112 Å². The van der Waals surface area contributed by atoms with Crippen molar-refractivity contribution >= 4 is 11.9 Å². The van der Waals surface area contributed by atoms with Crippen LogP contribution in [-0.2, 0) is 4.79 Å². The third kappa shape index (κ3) is 2.77. The van der Waals surface area contributed by atoms with E-state index in [9.17, 15) is 14.4 Å². The van der Waals surface area contributed by atoms with Gasteiger partial charge in [0.15, 0.2) is 0 Å². The zero-order valence-electron chi connectivity index (χ0n) is 7.07. The van der Waals surface area contributed by atoms with Gasteiger partial charge < -0.3 is 14.9 Å². The molecule has 1 aromatic heterocycles. The van der Waals surface area contributed by atoms with E-state index >= 15 is 0 Å². The van der Waals surface area contributed by atoms with E-state index in [-0.39, 0.29) is 18.7 Å². The van der Waals surface area contributed by atoms with Gasteiger partial charge in [-0.25, -0.2) is 0 Å². The monoisotopic (exact) mass is 200 g/mol. The van der Waals surface area contributed by atoms with E-state index in [1.54, 1.807) is 0 Å². The van der Waals surface area contributed by atoms with Crippen molar-refractivity contribution in [2.75, 3.05) is 6.54 Å². The van der Waals surface area contributed by atoms with Crippen LogP contribution in [0, 0.1) is 0 Å². The van der Waals surface area contributed by atoms with Gasteiger partial charge in [-0.3, -0.25) is 14.4 Å². The van der Waals surface area contributed by atoms with Crippen LogP contribution < -0.4 is 10.9 Å². The first-order valence-corrected chi connectivity index (χ1v) is 3.78. The largest absolute Gasteiger partial charge is 0.481 e. The molecule has 1 heterocycles. The van der Waals surface area contributed by atoms with E-state index in [0.29, 0.717) is 0 Å². The number of carbonyl (C=O) groups is 2. The van der Waals surface area contributed by atoms with Crippen molar-refractivity contribution in [2.45, 2.75) is 6.42 Å². The van der Waals surface area contributed by atoms with Crippen molar-refractivity contribution in [3.05, 3.63) is 22.2 Å². The van der Waals surface area contributed by atoms with Gasteiger partial charge in [0.25, 0.3) is 11.5 Å². The van der Waals surface area contributed by atoms with Crippen molar-refractivity contribution in [3.8, 4) is 0 Å². The van der Waals surface area contributed by atoms with Crippen LogP contribution in [0.25, 0.3) is 0 Å². The summed E-state index contributed by atoms with van der Waals surface area (Å²) < 4.78 is 4.49. The van der Waals surface area contributed by atoms with Gasteiger partial charge in [0.2, 0.25) is 5.76 Å². The number of hydrogen-bond acceptors (Lipinski definition) is 4. The maximum absolute atomic E-state index is 11.1. The van der Waals surface area contributed by atoms with Gasteiger partial charge in [-0.1, -0.05) is 0 Å². The number of rotatable bonds is 4. The summed E-state index contributed by atoms with van der Waals surface area (Å²) >= 11 is 0. The normalized spacial score (nSPS) is 9.71. The number of aromatic amines is 1. The summed E-state index contributed by atoms with van der Waals surface area (Å²) in [5.41, 5.74) is -0.520. The molecule has 0 aromatic carbocycles. The molecule has 0 aliphatic heterocycles. The summed E-state index contributed by atoms with van der Waals surface area (Å²) in [6.07, 6.45) is -0.180. The van der Waals surface area contributed by atoms with E-state index in [1.165, 1.54) is 0 Å². The SMILES string of the molecule is O=C(O)CCNC(=O)c1cc(=O)[nH]o1. The predicted octanol–water partition coefficient (Wildman–Crippen LogP) is -0.828. The predicted molar refractivity (Wildman–Crippen MR) is 43.9 cm³/mol. The molecule has 0 spiro atoms. The van der Waals surface area contributed by atoms with E-state index in [2.05, 4.69) is 9.84 Å². The van der Waals surface area contributed by atoms with Gasteiger partial charge in [0.1, 0.15) is 0 Å². The number of aromatic nitrogens is 1. The summed E-state index contributed by atoms with van der Waals surface area (Å²) in [5, 5.41) is 12.5. The molecule has 0 unspecified atom stereocenters. The summed E-state index contributed by atoms with van der Waals surface area (Å²) in [7, 11) is 0. The molecule has 14 heavy (non-hydrogen) atoms. The molecule has 7 heteroatoms. The van der Waals surface area contributed by atoms with E-state index in [1.807, 2.05) is 5.16 Å². The standard InChI is InChI=1S/C7H8N2O5/c10-5-3-4(14-9-5)7(13)8-2-1-6(11)12/h3H,1-2H2,(H,8,13)(H,9,10)(H,11,12). The summed E-state index contributed by atoms with van der Waals surface area (Å²) in [6, 6.07) is 0.982. The Labute approximate surface area is 77.7 Å². The highest BCUT2D eigenvalue weighted by Crippen LogP contribution is 1.91. The molecule has 1 rings (SSSR count). The Kier molecular flexibility index (Phi) is 3.05. The Morgan fingerprint density at radius 2 is 2.29 bits per heavy atom. The quantitative estimate of drug-likeness (QED) is 0.587. The van der Waals surface area contributed by atoms with Gasteiger partial charge in [0.05, 0.1) is 12.5 Å². The highest BCUT2D eigenvalue weighted by molar-refractivity contribution is 5.91. The molecule has 0 aliphatic carbocycles. The fraction of sp³-hybridized carbons (Fsp3) is 0.286. The van der Waals surface area contributed by atoms with Crippen LogP contribution in [0.1, 0.15) is 17.0 Å². The molecule has 0 atom stereocenters. The fourth-order valence-electron chi connectivity index (χ4n) is 0.765. The first kappa shape index (κ1) is 10.0. The first-order valence-electron chi connectivity index (χ1n) is 3.78. The minimum atomic E-state index is -1.01. The maximum atomic E-state index is 11.1. The average molecular weight is 200 g/mol. The molecule has 0 saturated heterocycles. The third-order valence-electron chi connectivity index (χ3n) is 1.37. The molecule has 7 nitrogen and oxygen atoms in total. The molecular weight excluding hydrogens is 192 g/mol. The Morgan fingerprint density at radius 3 is 2.79 bits per heavy atom. The lowest BCUT2D eigenvalue weighted by molar-refractivity contribution is -0.136. The molecule has 3 N–H and O–H groups in total. The zero-order chi connectivity index (χ0) is 10.6. The van der Waals surface area contributed by atoms with Crippen molar-refractivity contribution < 1.29 is 19.2 Å². The second kappa shape index (κ2) is 4.26. The highest BCUT2D eigenvalue weighted by atomic mass is 16.5. The second-order valence-electron chi connectivity index (χ2n) is 2.48. The highest BCUT2D eigenvalue weighted by Gasteiger charge is 2.10. The number of carboxylic acids is 1. The number of nitrogens with one attached hydrogen (secondary N) is 2. The van der Waals surface area contributed by atoms with E-state index in [4.69, 9.17) is 5.11 Å². The molecule has 76 valence electrons. The van der Waals surface area contributed by atoms with Gasteiger partial charge in [-0.2, -0.15) is 5.16 Å². The number of H-pyrrole nitrogens is 1. The number of amides is 1. The van der Waals surface area contributed by atoms with Crippen LogP contribution in [-0.4, -0.2) is 28.7 Å². The lowest BCUT2D eigenvalue weighted by Gasteiger charge is -1.98. The van der Waals surface area contributed by atoms with Crippen molar-refractivity contribution in [1.29, 1.82) is 0 Å². The van der Waals surface area contributed by atoms with E-state index in [0.717, 1.165) is 6.07 Å². The second-order valence-corrected chi connectivity index (χ2v) is 2.48. The number of carboxylic acid groups (broad SMARTS) is 1. The molecule has 0 radical (unpaired) electrons. The van der Waals surface area contributed by atoms with Crippen molar-refractivity contribution in [1.82, 2.24) is 10.5 Å². The van der Waals surface area contributed by atoms with Gasteiger partial charge in [-0.15, -0.1) is 0 Å². The molecule has 1 aromatic rings. The van der Waals surface area contributed by atoms with Gasteiger partial charge in [0, 0.05) is 6.54 Å². The third-order valence-corrected chi connectivity index (χ3v) is 1.37. The Bertz CT molecular complexity index is 391. The minimum absolute atomic E-state index is 0.0109. The Morgan fingerprint density at radius 1 is 1.57 bits per heavy atom. The summed E-state index contributed by atoms with van der Waals surface area (Å²) in [6.45, 7) is -0.0109. The van der Waals surface area contributed by atoms with E-state index < -0.39 is 17.4 Å². The molecule has 1 amide bonds. The smallest absolute Gasteiger partial charge is 0.305 e. The Hall–Kier alpha value is -2.05. The number of carbonyl (C=O) groups excluding carboxylic acids is 1. The zero-order valence-corrected chi connectivity index (χ0v) is 7.07. The van der Waals surface area contributed by atoms with Gasteiger partial charge in [-0.05, 0) is 0 Å². The molecule has 0 bridgehead atoms. The van der Waals surface area contributed by atoms with Gasteiger partial charge >= 0.3 is 5.97 Å². The lowest BCUT2D eigenvalue weighted by Crippen LogP contribution is -2.25. The van der Waals surface area contributed by atoms with Crippen LogP contribution in [0.15, 0.2) is 15.4 Å². The van der Waals surface area contributed by atoms with Crippen LogP contribution in [0.3, 0.4) is 0 Å². The summed E-state index contributed by atoms with van der Waals surface area (Å²) in [5.74, 6) is -1.80. The van der Waals surface area contributed by atoms with Crippen LogP contribution in [0.5, 0.6) is 0 Å². The maximum Gasteiger partial charge on any atom is 0.305 e. The molecular formula is C7H8N2O5. The summed E-state index contributed by atoms with van der Waals surface area (Å²) in [4.78, 5) is 31.7. The van der Waals surface area contributed by atoms with Crippen LogP contribution in [0.2, 0.25) is 0 Å². The first-order chi connectivity index (χ1) is 6.59. The average Bonchev–Trinajstić information content (AvgIpc) is 2.51. The minimum Gasteiger partial charge on any atom is -0.481 e. The number of aliphatic carboxylic acids is 1. The molecule has 0 saturated carbocycles. The molecule has 0 aliphatic rings. The Balaban J connectivity index is 2.43. The fourth-order valence-corrected chi connectivity index (χ4v) is 0.765. The van der Waals surface area contributed by atoms with Crippen LogP contribution >= 0.6 is 0 Å².